The Morgan fingerprint density at radius 2 is 2.10 bits per heavy atom. The number of hydrogen-bond acceptors (Lipinski definition) is 3. The van der Waals surface area contributed by atoms with Gasteiger partial charge in [-0.15, -0.1) is 0 Å². The minimum Gasteiger partial charge on any atom is -0.395 e. The molecule has 0 amide bonds. The van der Waals surface area contributed by atoms with Crippen molar-refractivity contribution in [3.63, 3.8) is 0 Å². The molecule has 1 unspecified atom stereocenters. The van der Waals surface area contributed by atoms with E-state index >= 15 is 0 Å². The van der Waals surface area contributed by atoms with Crippen LogP contribution in [0.5, 0.6) is 0 Å². The van der Waals surface area contributed by atoms with Crippen molar-refractivity contribution in [3.8, 4) is 0 Å². The Morgan fingerprint density at radius 3 is 2.67 bits per heavy atom. The molecule has 21 heavy (non-hydrogen) atoms. The predicted octanol–water partition coefficient (Wildman–Crippen LogP) is 3.05. The van der Waals surface area contributed by atoms with Crippen molar-refractivity contribution in [2.24, 2.45) is 0 Å². The Balaban J connectivity index is 2.64. The fourth-order valence-electron chi connectivity index (χ4n) is 2.30. The van der Waals surface area contributed by atoms with Crippen molar-refractivity contribution in [2.75, 3.05) is 32.8 Å². The highest BCUT2D eigenvalue weighted by Crippen LogP contribution is 2.21. The van der Waals surface area contributed by atoms with Gasteiger partial charge in [0.15, 0.2) is 0 Å². The summed E-state index contributed by atoms with van der Waals surface area (Å²) >= 11 is 3.45. The molecule has 0 spiro atoms. The summed E-state index contributed by atoms with van der Waals surface area (Å²) < 4.78 is 26.0. The van der Waals surface area contributed by atoms with Crippen molar-refractivity contribution in [2.45, 2.75) is 25.8 Å². The van der Waals surface area contributed by atoms with E-state index in [2.05, 4.69) is 21.2 Å². The second-order valence-corrected chi connectivity index (χ2v) is 5.78. The molecule has 0 bridgehead atoms. The smallest absolute Gasteiger partial charge is 0.251 e. The molecule has 6 heteroatoms. The molecule has 0 radical (unpaired) electrons. The van der Waals surface area contributed by atoms with Gasteiger partial charge in [-0.25, -0.2) is 8.78 Å². The molecule has 1 rings (SSSR count). The van der Waals surface area contributed by atoms with Gasteiger partial charge in [0.25, 0.3) is 6.43 Å². The lowest BCUT2D eigenvalue weighted by Gasteiger charge is -2.25. The fraction of sp³-hybridized carbons (Fsp3) is 0.600. The molecule has 0 aliphatic heterocycles. The zero-order valence-corrected chi connectivity index (χ0v) is 13.8. The molecule has 3 nitrogen and oxygen atoms in total. The number of aliphatic hydroxyl groups is 1. The van der Waals surface area contributed by atoms with Gasteiger partial charge in [0.1, 0.15) is 0 Å². The lowest BCUT2D eigenvalue weighted by Crippen LogP contribution is -2.35. The maximum atomic E-state index is 12.5. The van der Waals surface area contributed by atoms with Crippen LogP contribution in [0.3, 0.4) is 0 Å². The minimum atomic E-state index is -2.37. The van der Waals surface area contributed by atoms with Crippen molar-refractivity contribution in [1.82, 2.24) is 10.2 Å². The van der Waals surface area contributed by atoms with E-state index in [0.717, 1.165) is 23.0 Å². The van der Waals surface area contributed by atoms with Gasteiger partial charge >= 0.3 is 0 Å². The molecule has 0 saturated heterocycles. The van der Waals surface area contributed by atoms with Gasteiger partial charge in [0, 0.05) is 23.6 Å². The molecule has 1 atom stereocenters. The summed E-state index contributed by atoms with van der Waals surface area (Å²) in [6.07, 6.45) is -1.66. The van der Waals surface area contributed by atoms with E-state index in [4.69, 9.17) is 5.11 Å². The molecule has 120 valence electrons. The lowest BCUT2D eigenvalue weighted by molar-refractivity contribution is 0.0762. The van der Waals surface area contributed by atoms with Crippen LogP contribution in [0.15, 0.2) is 28.7 Å². The topological polar surface area (TPSA) is 35.5 Å². The standard InChI is InChI=1S/C15H23BrF2N2O/c1-2-19-14(12-4-3-5-13(16)10-12)6-7-20(8-9-21)11-15(17)18/h3-5,10,14-15,19,21H,2,6-9,11H2,1H3. The van der Waals surface area contributed by atoms with E-state index < -0.39 is 6.43 Å². The summed E-state index contributed by atoms with van der Waals surface area (Å²) in [5.74, 6) is 0. The van der Waals surface area contributed by atoms with Crippen LogP contribution in [0, 0.1) is 0 Å². The summed E-state index contributed by atoms with van der Waals surface area (Å²) in [7, 11) is 0. The molecule has 0 aromatic heterocycles. The van der Waals surface area contributed by atoms with Crippen LogP contribution in [0.25, 0.3) is 0 Å². The van der Waals surface area contributed by atoms with Crippen molar-refractivity contribution in [1.29, 1.82) is 0 Å². The van der Waals surface area contributed by atoms with E-state index in [0.29, 0.717) is 6.54 Å². The molecule has 0 aliphatic rings. The summed E-state index contributed by atoms with van der Waals surface area (Å²) in [6.45, 7) is 3.24. The van der Waals surface area contributed by atoms with Crippen LogP contribution >= 0.6 is 15.9 Å². The average molecular weight is 365 g/mol. The number of hydrogen-bond donors (Lipinski definition) is 2. The van der Waals surface area contributed by atoms with E-state index in [1.807, 2.05) is 31.2 Å². The third-order valence-corrected chi connectivity index (χ3v) is 3.74. The molecule has 0 fully saturated rings. The molecule has 2 N–H and O–H groups in total. The zero-order chi connectivity index (χ0) is 15.7. The van der Waals surface area contributed by atoms with E-state index in [-0.39, 0.29) is 25.7 Å². The quantitative estimate of drug-likeness (QED) is 0.669. The molecule has 0 saturated carbocycles. The van der Waals surface area contributed by atoms with Gasteiger partial charge in [-0.2, -0.15) is 0 Å². The number of nitrogens with one attached hydrogen (secondary N) is 1. The first-order valence-electron chi connectivity index (χ1n) is 7.17. The zero-order valence-electron chi connectivity index (χ0n) is 12.2. The Morgan fingerprint density at radius 1 is 1.33 bits per heavy atom. The maximum absolute atomic E-state index is 12.5. The Hall–Kier alpha value is -0.560. The minimum absolute atomic E-state index is 0.102. The predicted molar refractivity (Wildman–Crippen MR) is 84.7 cm³/mol. The second-order valence-electron chi connectivity index (χ2n) is 4.87. The highest BCUT2D eigenvalue weighted by molar-refractivity contribution is 9.10. The van der Waals surface area contributed by atoms with E-state index in [1.165, 1.54) is 0 Å². The number of benzene rings is 1. The Labute approximate surface area is 133 Å². The maximum Gasteiger partial charge on any atom is 0.251 e. The normalized spacial score (nSPS) is 13.1. The molecule has 0 heterocycles. The average Bonchev–Trinajstić information content (AvgIpc) is 2.43. The molecular weight excluding hydrogens is 342 g/mol. The number of aliphatic hydroxyl groups excluding tert-OH is 1. The monoisotopic (exact) mass is 364 g/mol. The van der Waals surface area contributed by atoms with Crippen LogP contribution < -0.4 is 5.32 Å². The number of nitrogens with zero attached hydrogens (tertiary/aromatic N) is 1. The summed E-state index contributed by atoms with van der Waals surface area (Å²) in [5.41, 5.74) is 1.13. The van der Waals surface area contributed by atoms with Crippen LogP contribution in [0.2, 0.25) is 0 Å². The first kappa shape index (κ1) is 18.5. The fourth-order valence-corrected chi connectivity index (χ4v) is 2.72. The van der Waals surface area contributed by atoms with Crippen LogP contribution in [0.1, 0.15) is 24.9 Å². The first-order valence-corrected chi connectivity index (χ1v) is 7.96. The van der Waals surface area contributed by atoms with Crippen molar-refractivity contribution in [3.05, 3.63) is 34.3 Å². The number of alkyl halides is 2. The van der Waals surface area contributed by atoms with Gasteiger partial charge in [-0.1, -0.05) is 35.0 Å². The van der Waals surface area contributed by atoms with Crippen LogP contribution in [-0.2, 0) is 0 Å². The van der Waals surface area contributed by atoms with Gasteiger partial charge in [0.05, 0.1) is 13.2 Å². The van der Waals surface area contributed by atoms with Crippen molar-refractivity contribution >= 4 is 15.9 Å². The highest BCUT2D eigenvalue weighted by Gasteiger charge is 2.15. The third kappa shape index (κ3) is 7.31. The Kier molecular flexibility index (Phi) is 8.99. The Bertz CT molecular complexity index is 407. The van der Waals surface area contributed by atoms with Gasteiger partial charge in [0.2, 0.25) is 0 Å². The number of rotatable bonds is 10. The van der Waals surface area contributed by atoms with Crippen molar-refractivity contribution < 1.29 is 13.9 Å². The lowest BCUT2D eigenvalue weighted by atomic mass is 10.0. The molecule has 1 aromatic carbocycles. The third-order valence-electron chi connectivity index (χ3n) is 3.25. The molecule has 0 aliphatic carbocycles. The number of halogens is 3. The van der Waals surface area contributed by atoms with Gasteiger partial charge < -0.3 is 10.4 Å². The highest BCUT2D eigenvalue weighted by atomic mass is 79.9. The summed E-state index contributed by atoms with van der Waals surface area (Å²) in [5, 5.41) is 12.3. The molecular formula is C15H23BrF2N2O. The van der Waals surface area contributed by atoms with Gasteiger partial charge in [-0.3, -0.25) is 4.90 Å². The van der Waals surface area contributed by atoms with E-state index in [1.54, 1.807) is 4.90 Å². The van der Waals surface area contributed by atoms with Crippen LogP contribution in [-0.4, -0.2) is 49.2 Å². The van der Waals surface area contributed by atoms with Crippen LogP contribution in [0.4, 0.5) is 8.78 Å². The van der Waals surface area contributed by atoms with E-state index in [9.17, 15) is 8.78 Å². The largest absolute Gasteiger partial charge is 0.395 e. The molecule has 1 aromatic rings. The first-order chi connectivity index (χ1) is 10.1. The summed E-state index contributed by atoms with van der Waals surface area (Å²) in [4.78, 5) is 1.60. The van der Waals surface area contributed by atoms with Gasteiger partial charge in [-0.05, 0) is 30.7 Å². The SMILES string of the molecule is CCNC(CCN(CCO)CC(F)F)c1cccc(Br)c1. The second kappa shape index (κ2) is 10.2. The summed E-state index contributed by atoms with van der Waals surface area (Å²) in [6, 6.07) is 8.11.